The van der Waals surface area contributed by atoms with Crippen LogP contribution in [-0.2, 0) is 6.54 Å². The van der Waals surface area contributed by atoms with Gasteiger partial charge < -0.3 is 10.4 Å². The van der Waals surface area contributed by atoms with Crippen LogP contribution in [-0.4, -0.2) is 11.1 Å². The van der Waals surface area contributed by atoms with E-state index in [1.165, 1.54) is 11.3 Å². The Balaban J connectivity index is 2.00. The molecule has 0 radical (unpaired) electrons. The fraction of sp³-hybridized carbons (Fsp3) is 0.0833. The van der Waals surface area contributed by atoms with E-state index >= 15 is 0 Å². The molecule has 0 aliphatic rings. The molecule has 2 aromatic rings. The van der Waals surface area contributed by atoms with Gasteiger partial charge in [-0.25, -0.2) is 4.79 Å². The highest BCUT2D eigenvalue weighted by Crippen LogP contribution is 2.19. The van der Waals surface area contributed by atoms with Gasteiger partial charge >= 0.3 is 5.97 Å². The zero-order valence-corrected chi connectivity index (χ0v) is 11.2. The number of halogens is 1. The highest BCUT2D eigenvalue weighted by molar-refractivity contribution is 9.10. The Hall–Kier alpha value is -1.33. The van der Waals surface area contributed by atoms with Gasteiger partial charge in [-0.15, -0.1) is 11.3 Å². The molecule has 1 aromatic heterocycles. The number of nitrogens with one attached hydrogen (secondary N) is 1. The van der Waals surface area contributed by atoms with Gasteiger partial charge in [0, 0.05) is 27.0 Å². The van der Waals surface area contributed by atoms with Crippen molar-refractivity contribution in [3.8, 4) is 0 Å². The summed E-state index contributed by atoms with van der Waals surface area (Å²) in [5, 5.41) is 13.7. The summed E-state index contributed by atoms with van der Waals surface area (Å²) in [6.07, 6.45) is 0. The number of carboxylic acids is 1. The van der Waals surface area contributed by atoms with E-state index in [1.807, 2.05) is 24.3 Å². The molecule has 3 nitrogen and oxygen atoms in total. The summed E-state index contributed by atoms with van der Waals surface area (Å²) in [5.41, 5.74) is 1.35. The van der Waals surface area contributed by atoms with E-state index in [2.05, 4.69) is 21.2 Å². The standard InChI is InChI=1S/C12H10BrNO2S/c13-9-2-1-3-10(5-9)14-6-11-4-8(7-17-11)12(15)16/h1-5,7,14H,6H2,(H,15,16). The number of aromatic carboxylic acids is 1. The van der Waals surface area contributed by atoms with E-state index in [0.717, 1.165) is 15.0 Å². The van der Waals surface area contributed by atoms with Gasteiger partial charge in [-0.3, -0.25) is 0 Å². The number of rotatable bonds is 4. The minimum Gasteiger partial charge on any atom is -0.478 e. The van der Waals surface area contributed by atoms with E-state index in [-0.39, 0.29) is 0 Å². The molecule has 2 N–H and O–H groups in total. The molecule has 0 amide bonds. The van der Waals surface area contributed by atoms with E-state index in [4.69, 9.17) is 5.11 Å². The molecule has 0 saturated heterocycles. The Morgan fingerprint density at radius 2 is 2.24 bits per heavy atom. The van der Waals surface area contributed by atoms with Crippen molar-refractivity contribution in [1.82, 2.24) is 0 Å². The maximum absolute atomic E-state index is 10.7. The van der Waals surface area contributed by atoms with E-state index in [9.17, 15) is 4.79 Å². The molecule has 0 aliphatic heterocycles. The SMILES string of the molecule is O=C(O)c1csc(CNc2cccc(Br)c2)c1. The van der Waals surface area contributed by atoms with E-state index in [1.54, 1.807) is 11.4 Å². The van der Waals surface area contributed by atoms with Crippen molar-refractivity contribution in [1.29, 1.82) is 0 Å². The minimum absolute atomic E-state index is 0.348. The van der Waals surface area contributed by atoms with Crippen LogP contribution in [0, 0.1) is 0 Å². The molecule has 0 spiro atoms. The number of hydrogen-bond donors (Lipinski definition) is 2. The van der Waals surface area contributed by atoms with Gasteiger partial charge in [-0.05, 0) is 24.3 Å². The van der Waals surface area contributed by atoms with Crippen LogP contribution in [0.3, 0.4) is 0 Å². The molecule has 1 aromatic carbocycles. The molecule has 0 saturated carbocycles. The summed E-state index contributed by atoms with van der Waals surface area (Å²) in [6, 6.07) is 9.54. The second-order valence-corrected chi connectivity index (χ2v) is 5.38. The maximum Gasteiger partial charge on any atom is 0.336 e. The van der Waals surface area contributed by atoms with Crippen molar-refractivity contribution in [3.63, 3.8) is 0 Å². The van der Waals surface area contributed by atoms with Crippen LogP contribution in [0.4, 0.5) is 5.69 Å². The van der Waals surface area contributed by atoms with Gasteiger partial charge in [0.1, 0.15) is 0 Å². The predicted octanol–water partition coefficient (Wildman–Crippen LogP) is 3.82. The third-order valence-electron chi connectivity index (χ3n) is 2.19. The molecular weight excluding hydrogens is 302 g/mol. The van der Waals surface area contributed by atoms with Crippen molar-refractivity contribution < 1.29 is 9.90 Å². The van der Waals surface area contributed by atoms with Crippen molar-refractivity contribution in [2.75, 3.05) is 5.32 Å². The Morgan fingerprint density at radius 1 is 1.41 bits per heavy atom. The second-order valence-electron chi connectivity index (χ2n) is 3.47. The van der Waals surface area contributed by atoms with Gasteiger partial charge in [-0.1, -0.05) is 22.0 Å². The predicted molar refractivity (Wildman–Crippen MR) is 72.7 cm³/mol. The Bertz CT molecular complexity index is 539. The number of hydrogen-bond acceptors (Lipinski definition) is 3. The van der Waals surface area contributed by atoms with Crippen LogP contribution < -0.4 is 5.32 Å². The maximum atomic E-state index is 10.7. The average molecular weight is 312 g/mol. The normalized spacial score (nSPS) is 10.2. The van der Waals surface area contributed by atoms with Gasteiger partial charge in [0.15, 0.2) is 0 Å². The van der Waals surface area contributed by atoms with Crippen molar-refractivity contribution >= 4 is 38.9 Å². The van der Waals surface area contributed by atoms with Gasteiger partial charge in [0.2, 0.25) is 0 Å². The molecule has 88 valence electrons. The second kappa shape index (κ2) is 5.33. The van der Waals surface area contributed by atoms with Gasteiger partial charge in [0.25, 0.3) is 0 Å². The summed E-state index contributed by atoms with van der Waals surface area (Å²) in [7, 11) is 0. The monoisotopic (exact) mass is 311 g/mol. The number of carbonyl (C=O) groups is 1. The summed E-state index contributed by atoms with van der Waals surface area (Å²) in [6.45, 7) is 0.633. The molecule has 0 fully saturated rings. The van der Waals surface area contributed by atoms with Crippen LogP contribution in [0.5, 0.6) is 0 Å². The zero-order chi connectivity index (χ0) is 12.3. The lowest BCUT2D eigenvalue weighted by Gasteiger charge is -2.04. The lowest BCUT2D eigenvalue weighted by molar-refractivity contribution is 0.0697. The van der Waals surface area contributed by atoms with Crippen molar-refractivity contribution in [2.24, 2.45) is 0 Å². The first-order valence-corrected chi connectivity index (χ1v) is 6.62. The lowest BCUT2D eigenvalue weighted by atomic mass is 10.3. The molecule has 0 atom stereocenters. The molecule has 5 heteroatoms. The smallest absolute Gasteiger partial charge is 0.336 e. The third kappa shape index (κ3) is 3.31. The van der Waals surface area contributed by atoms with Crippen LogP contribution in [0.15, 0.2) is 40.2 Å². The average Bonchev–Trinajstić information content (AvgIpc) is 2.75. The first-order chi connectivity index (χ1) is 8.15. The lowest BCUT2D eigenvalue weighted by Crippen LogP contribution is -1.97. The minimum atomic E-state index is -0.880. The first kappa shape index (κ1) is 12.1. The van der Waals surface area contributed by atoms with Gasteiger partial charge in [0.05, 0.1) is 5.56 Å². The number of benzene rings is 1. The van der Waals surface area contributed by atoms with Crippen LogP contribution in [0.2, 0.25) is 0 Å². The molecule has 1 heterocycles. The summed E-state index contributed by atoms with van der Waals surface area (Å²) >= 11 is 4.84. The summed E-state index contributed by atoms with van der Waals surface area (Å²) in [5.74, 6) is -0.880. The fourth-order valence-corrected chi connectivity index (χ4v) is 2.57. The number of thiophene rings is 1. The van der Waals surface area contributed by atoms with Gasteiger partial charge in [-0.2, -0.15) is 0 Å². The summed E-state index contributed by atoms with van der Waals surface area (Å²) < 4.78 is 1.01. The number of anilines is 1. The molecule has 0 bridgehead atoms. The molecule has 0 aliphatic carbocycles. The third-order valence-corrected chi connectivity index (χ3v) is 3.62. The Labute approximate surface area is 111 Å². The largest absolute Gasteiger partial charge is 0.478 e. The highest BCUT2D eigenvalue weighted by Gasteiger charge is 2.06. The van der Waals surface area contributed by atoms with Crippen molar-refractivity contribution in [3.05, 3.63) is 50.6 Å². The molecule has 0 unspecified atom stereocenters. The quantitative estimate of drug-likeness (QED) is 0.902. The van der Waals surface area contributed by atoms with Crippen LogP contribution in [0.25, 0.3) is 0 Å². The van der Waals surface area contributed by atoms with E-state index < -0.39 is 5.97 Å². The topological polar surface area (TPSA) is 49.3 Å². The molecule has 2 rings (SSSR count). The summed E-state index contributed by atoms with van der Waals surface area (Å²) in [4.78, 5) is 11.7. The highest BCUT2D eigenvalue weighted by atomic mass is 79.9. The molecular formula is C12H10BrNO2S. The zero-order valence-electron chi connectivity index (χ0n) is 8.81. The number of carboxylic acid groups (broad SMARTS) is 1. The Kier molecular flexibility index (Phi) is 3.81. The fourth-order valence-electron chi connectivity index (χ4n) is 1.37. The first-order valence-electron chi connectivity index (χ1n) is 4.95. The van der Waals surface area contributed by atoms with E-state index in [0.29, 0.717) is 12.1 Å². The molecule has 17 heavy (non-hydrogen) atoms. The Morgan fingerprint density at radius 3 is 2.88 bits per heavy atom. The van der Waals surface area contributed by atoms with Crippen LogP contribution >= 0.6 is 27.3 Å². The van der Waals surface area contributed by atoms with Crippen molar-refractivity contribution in [2.45, 2.75) is 6.54 Å². The van der Waals surface area contributed by atoms with Crippen LogP contribution in [0.1, 0.15) is 15.2 Å².